The topological polar surface area (TPSA) is 102 Å². The first-order valence-electron chi connectivity index (χ1n) is 5.90. The maximum absolute atomic E-state index is 11.9. The molecule has 104 valence electrons. The van der Waals surface area contributed by atoms with Crippen molar-refractivity contribution in [2.75, 3.05) is 13.1 Å². The molecule has 1 aliphatic heterocycles. The van der Waals surface area contributed by atoms with E-state index in [0.717, 1.165) is 0 Å². The van der Waals surface area contributed by atoms with Gasteiger partial charge in [0.25, 0.3) is 0 Å². The summed E-state index contributed by atoms with van der Waals surface area (Å²) in [6.07, 6.45) is 0. The van der Waals surface area contributed by atoms with E-state index in [2.05, 4.69) is 5.10 Å². The maximum Gasteiger partial charge on any atom is 0.312 e. The molecular formula is C11H16N4O4. The number of rotatable bonds is 3. The Morgan fingerprint density at radius 2 is 2.11 bits per heavy atom. The van der Waals surface area contributed by atoms with Crippen LogP contribution in [-0.4, -0.2) is 49.3 Å². The van der Waals surface area contributed by atoms with Crippen molar-refractivity contribution in [1.29, 1.82) is 0 Å². The molecule has 1 fully saturated rings. The van der Waals surface area contributed by atoms with Crippen LogP contribution in [0.3, 0.4) is 0 Å². The normalized spacial score (nSPS) is 17.2. The summed E-state index contributed by atoms with van der Waals surface area (Å²) in [4.78, 5) is 23.8. The van der Waals surface area contributed by atoms with Crippen LogP contribution >= 0.6 is 0 Å². The minimum atomic E-state index is -0.823. The first kappa shape index (κ1) is 13.5. The van der Waals surface area contributed by atoms with Gasteiger partial charge in [-0.3, -0.25) is 19.6 Å². The Morgan fingerprint density at radius 1 is 1.53 bits per heavy atom. The number of hydrogen-bond donors (Lipinski definition) is 1. The van der Waals surface area contributed by atoms with Crippen LogP contribution in [0.5, 0.6) is 0 Å². The number of β-amino-alcohol motifs (C(OH)–C–C–N with tert-alkyl or cyclic N) is 1. The number of nitrogens with zero attached hydrogens (tertiary/aromatic N) is 4. The predicted octanol–water partition coefficient (Wildman–Crippen LogP) is 0.00134. The largest absolute Gasteiger partial charge is 0.386 e. The van der Waals surface area contributed by atoms with Crippen molar-refractivity contribution < 1.29 is 14.8 Å². The van der Waals surface area contributed by atoms with Crippen LogP contribution in [0.25, 0.3) is 0 Å². The fraction of sp³-hybridized carbons (Fsp3) is 0.636. The SMILES string of the molecule is Cc1nn(CC(=O)N2CC(C)(O)C2)c(C)c1[N+](=O)[O-]. The summed E-state index contributed by atoms with van der Waals surface area (Å²) in [6, 6.07) is 0. The molecule has 1 amide bonds. The summed E-state index contributed by atoms with van der Waals surface area (Å²) >= 11 is 0. The van der Waals surface area contributed by atoms with Crippen LogP contribution < -0.4 is 0 Å². The summed E-state index contributed by atoms with van der Waals surface area (Å²) in [5.41, 5.74) is -0.214. The molecule has 1 saturated heterocycles. The first-order valence-corrected chi connectivity index (χ1v) is 5.90. The van der Waals surface area contributed by atoms with Crippen LogP contribution in [0, 0.1) is 24.0 Å². The van der Waals surface area contributed by atoms with Crippen molar-refractivity contribution in [3.8, 4) is 0 Å². The third kappa shape index (κ3) is 2.43. The van der Waals surface area contributed by atoms with Crippen molar-refractivity contribution in [2.24, 2.45) is 0 Å². The number of carbonyl (C=O) groups excluding carboxylic acids is 1. The van der Waals surface area contributed by atoms with E-state index in [0.29, 0.717) is 11.4 Å². The smallest absolute Gasteiger partial charge is 0.312 e. The third-order valence-corrected chi connectivity index (χ3v) is 3.23. The van der Waals surface area contributed by atoms with Crippen LogP contribution in [0.4, 0.5) is 5.69 Å². The molecule has 1 aromatic rings. The van der Waals surface area contributed by atoms with Gasteiger partial charge in [0.15, 0.2) is 0 Å². The van der Waals surface area contributed by atoms with Gasteiger partial charge in [0.1, 0.15) is 17.9 Å². The van der Waals surface area contributed by atoms with E-state index in [1.807, 2.05) is 0 Å². The van der Waals surface area contributed by atoms with Crippen molar-refractivity contribution >= 4 is 11.6 Å². The number of hydrogen-bond acceptors (Lipinski definition) is 5. The molecule has 0 aliphatic carbocycles. The average molecular weight is 268 g/mol. The summed E-state index contributed by atoms with van der Waals surface area (Å²) in [5.74, 6) is -0.202. The molecule has 8 nitrogen and oxygen atoms in total. The quantitative estimate of drug-likeness (QED) is 0.614. The summed E-state index contributed by atoms with van der Waals surface area (Å²) in [5, 5.41) is 24.4. The zero-order chi connectivity index (χ0) is 14.4. The highest BCUT2D eigenvalue weighted by molar-refractivity contribution is 5.77. The minimum Gasteiger partial charge on any atom is -0.386 e. The van der Waals surface area contributed by atoms with E-state index < -0.39 is 10.5 Å². The van der Waals surface area contributed by atoms with E-state index in [1.54, 1.807) is 20.8 Å². The lowest BCUT2D eigenvalue weighted by molar-refractivity contribution is -0.386. The van der Waals surface area contributed by atoms with Gasteiger partial charge in [0.2, 0.25) is 5.91 Å². The molecule has 0 saturated carbocycles. The zero-order valence-electron chi connectivity index (χ0n) is 11.1. The second-order valence-electron chi connectivity index (χ2n) is 5.18. The van der Waals surface area contributed by atoms with Gasteiger partial charge >= 0.3 is 5.69 Å². The summed E-state index contributed by atoms with van der Waals surface area (Å²) < 4.78 is 1.34. The molecular weight excluding hydrogens is 252 g/mol. The molecule has 2 heterocycles. The zero-order valence-corrected chi connectivity index (χ0v) is 11.1. The molecule has 0 radical (unpaired) electrons. The van der Waals surface area contributed by atoms with Crippen LogP contribution in [-0.2, 0) is 11.3 Å². The molecule has 8 heteroatoms. The third-order valence-electron chi connectivity index (χ3n) is 3.23. The highest BCUT2D eigenvalue weighted by atomic mass is 16.6. The van der Waals surface area contributed by atoms with Gasteiger partial charge in [-0.2, -0.15) is 5.10 Å². The van der Waals surface area contributed by atoms with Gasteiger partial charge in [0, 0.05) is 0 Å². The van der Waals surface area contributed by atoms with Crippen molar-refractivity contribution in [1.82, 2.24) is 14.7 Å². The van der Waals surface area contributed by atoms with E-state index in [1.165, 1.54) is 9.58 Å². The van der Waals surface area contributed by atoms with Gasteiger partial charge in [-0.15, -0.1) is 0 Å². The Morgan fingerprint density at radius 3 is 2.53 bits per heavy atom. The number of likely N-dealkylation sites (tertiary alicyclic amines) is 1. The van der Waals surface area contributed by atoms with Crippen LogP contribution in [0.1, 0.15) is 18.3 Å². The molecule has 0 bridgehead atoms. The van der Waals surface area contributed by atoms with Crippen molar-refractivity contribution in [3.63, 3.8) is 0 Å². The minimum absolute atomic E-state index is 0.0450. The molecule has 0 spiro atoms. The fourth-order valence-electron chi connectivity index (χ4n) is 2.29. The molecule has 2 rings (SSSR count). The van der Waals surface area contributed by atoms with E-state index in [-0.39, 0.29) is 31.2 Å². The highest BCUT2D eigenvalue weighted by Gasteiger charge is 2.39. The van der Waals surface area contributed by atoms with E-state index in [4.69, 9.17) is 0 Å². The van der Waals surface area contributed by atoms with Gasteiger partial charge in [-0.1, -0.05) is 0 Å². The molecule has 1 aliphatic rings. The number of nitro groups is 1. The second kappa shape index (κ2) is 4.30. The molecule has 0 aromatic carbocycles. The van der Waals surface area contributed by atoms with E-state index in [9.17, 15) is 20.0 Å². The molecule has 0 unspecified atom stereocenters. The monoisotopic (exact) mass is 268 g/mol. The van der Waals surface area contributed by atoms with Gasteiger partial charge < -0.3 is 10.0 Å². The van der Waals surface area contributed by atoms with Gasteiger partial charge in [-0.05, 0) is 20.8 Å². The van der Waals surface area contributed by atoms with Crippen molar-refractivity contribution in [2.45, 2.75) is 32.9 Å². The summed E-state index contributed by atoms with van der Waals surface area (Å²) in [7, 11) is 0. The standard InChI is InChI=1S/C11H16N4O4/c1-7-10(15(18)19)8(2)14(12-7)4-9(16)13-5-11(3,17)6-13/h17H,4-6H2,1-3H3. The molecule has 1 aromatic heterocycles. The Balaban J connectivity index is 2.10. The number of carbonyl (C=O) groups is 1. The average Bonchev–Trinajstić information content (AvgIpc) is 2.50. The fourth-order valence-corrected chi connectivity index (χ4v) is 2.29. The van der Waals surface area contributed by atoms with Gasteiger partial charge in [0.05, 0.1) is 23.6 Å². The molecule has 0 atom stereocenters. The van der Waals surface area contributed by atoms with Crippen LogP contribution in [0.15, 0.2) is 0 Å². The molecule has 19 heavy (non-hydrogen) atoms. The van der Waals surface area contributed by atoms with E-state index >= 15 is 0 Å². The Bertz CT molecular complexity index is 541. The Kier molecular flexibility index (Phi) is 3.05. The predicted molar refractivity (Wildman–Crippen MR) is 65.6 cm³/mol. The first-order chi connectivity index (χ1) is 8.71. The maximum atomic E-state index is 11.9. The number of aliphatic hydroxyl groups is 1. The van der Waals surface area contributed by atoms with Crippen LogP contribution in [0.2, 0.25) is 0 Å². The number of aromatic nitrogens is 2. The Hall–Kier alpha value is -1.96. The number of amides is 1. The summed E-state index contributed by atoms with van der Waals surface area (Å²) in [6.45, 7) is 5.29. The highest BCUT2D eigenvalue weighted by Crippen LogP contribution is 2.23. The van der Waals surface area contributed by atoms with Crippen molar-refractivity contribution in [3.05, 3.63) is 21.5 Å². The lowest BCUT2D eigenvalue weighted by atomic mass is 9.97. The van der Waals surface area contributed by atoms with Gasteiger partial charge in [-0.25, -0.2) is 0 Å². The molecule has 1 N–H and O–H groups in total. The lowest BCUT2D eigenvalue weighted by Gasteiger charge is -2.44. The lowest BCUT2D eigenvalue weighted by Crippen LogP contribution is -2.62. The Labute approximate surface area is 109 Å². The number of aryl methyl sites for hydroxylation is 1. The second-order valence-corrected chi connectivity index (χ2v) is 5.18.